The third-order valence-corrected chi connectivity index (χ3v) is 5.84. The fourth-order valence-electron chi connectivity index (χ4n) is 4.49. The van der Waals surface area contributed by atoms with Gasteiger partial charge in [0.15, 0.2) is 0 Å². The monoisotopic (exact) mass is 415 g/mol. The van der Waals surface area contributed by atoms with Gasteiger partial charge in [0.25, 0.3) is 0 Å². The van der Waals surface area contributed by atoms with Crippen molar-refractivity contribution in [2.45, 2.75) is 45.7 Å². The molecule has 0 aliphatic carbocycles. The first-order chi connectivity index (χ1) is 12.1. The van der Waals surface area contributed by atoms with Crippen LogP contribution in [0.2, 0.25) is 0 Å². The number of nitrogens with zero attached hydrogens (tertiary/aromatic N) is 1. The zero-order valence-electron chi connectivity index (χ0n) is 16.5. The van der Waals surface area contributed by atoms with Crippen LogP contribution in [0.3, 0.4) is 0 Å². The first kappa shape index (κ1) is 24.2. The highest BCUT2D eigenvalue weighted by Crippen LogP contribution is 2.24. The Labute approximate surface area is 176 Å². The van der Waals surface area contributed by atoms with Crippen molar-refractivity contribution in [1.29, 1.82) is 0 Å². The third kappa shape index (κ3) is 7.26. The first-order valence-electron chi connectivity index (χ1n) is 9.88. The summed E-state index contributed by atoms with van der Waals surface area (Å²) >= 11 is 0. The van der Waals surface area contributed by atoms with E-state index in [0.29, 0.717) is 30.2 Å². The first-order valence-corrected chi connectivity index (χ1v) is 9.88. The molecule has 6 heteroatoms. The van der Waals surface area contributed by atoms with Crippen LogP contribution in [0, 0.1) is 17.8 Å². The number of carbonyl (C=O) groups excluding carboxylic acids is 1. The Kier molecular flexibility index (Phi) is 10.7. The molecule has 2 N–H and O–H groups in total. The Hall–Kier alpha value is -0.810. The van der Waals surface area contributed by atoms with Crippen LogP contribution in [0.1, 0.15) is 38.7 Å². The number of carbonyl (C=O) groups is 1. The van der Waals surface area contributed by atoms with E-state index in [-0.39, 0.29) is 30.7 Å². The predicted molar refractivity (Wildman–Crippen MR) is 117 cm³/mol. The van der Waals surface area contributed by atoms with Gasteiger partial charge in [-0.3, -0.25) is 9.69 Å². The van der Waals surface area contributed by atoms with Gasteiger partial charge in [-0.1, -0.05) is 44.2 Å². The summed E-state index contributed by atoms with van der Waals surface area (Å²) in [5.41, 5.74) is 1.37. The van der Waals surface area contributed by atoms with E-state index in [2.05, 4.69) is 59.7 Å². The highest BCUT2D eigenvalue weighted by molar-refractivity contribution is 5.85. The number of halogens is 2. The van der Waals surface area contributed by atoms with Gasteiger partial charge in [0.2, 0.25) is 5.91 Å². The van der Waals surface area contributed by atoms with E-state index in [0.717, 1.165) is 39.1 Å². The summed E-state index contributed by atoms with van der Waals surface area (Å²) in [5, 5.41) is 6.72. The van der Waals surface area contributed by atoms with Gasteiger partial charge in [-0.2, -0.15) is 0 Å². The molecular formula is C21H35Cl2N3O. The Morgan fingerprint density at radius 2 is 1.81 bits per heavy atom. The zero-order valence-corrected chi connectivity index (χ0v) is 18.2. The van der Waals surface area contributed by atoms with E-state index >= 15 is 0 Å². The molecule has 1 amide bonds. The lowest BCUT2D eigenvalue weighted by molar-refractivity contribution is -0.123. The molecule has 3 rings (SSSR count). The number of hydrogen-bond donors (Lipinski definition) is 2. The van der Waals surface area contributed by atoms with E-state index < -0.39 is 0 Å². The number of amides is 1. The van der Waals surface area contributed by atoms with Crippen molar-refractivity contribution in [2.24, 2.45) is 17.8 Å². The van der Waals surface area contributed by atoms with Gasteiger partial charge in [0, 0.05) is 32.1 Å². The van der Waals surface area contributed by atoms with Gasteiger partial charge >= 0.3 is 0 Å². The Morgan fingerprint density at radius 1 is 1.15 bits per heavy atom. The van der Waals surface area contributed by atoms with Crippen molar-refractivity contribution in [3.63, 3.8) is 0 Å². The van der Waals surface area contributed by atoms with Crippen LogP contribution in [-0.4, -0.2) is 43.0 Å². The summed E-state index contributed by atoms with van der Waals surface area (Å²) in [6, 6.07) is 11.0. The topological polar surface area (TPSA) is 44.4 Å². The molecule has 4 nitrogen and oxygen atoms in total. The highest BCUT2D eigenvalue weighted by atomic mass is 35.5. The van der Waals surface area contributed by atoms with E-state index in [9.17, 15) is 4.79 Å². The molecule has 0 bridgehead atoms. The Balaban J connectivity index is 0.00000182. The molecule has 3 unspecified atom stereocenters. The number of hydrogen-bond acceptors (Lipinski definition) is 3. The van der Waals surface area contributed by atoms with E-state index in [4.69, 9.17) is 0 Å². The smallest absolute Gasteiger partial charge is 0.220 e. The standard InChI is InChI=1S/C21H33N3O.2ClH/c1-16-13-24(15-19-6-4-3-5-7-19)14-17(2)21(16)23-20(25)9-8-18-10-11-22-12-18;;/h3-7,16-18,21-22H,8-15H2,1-2H3,(H,23,25);2*1H. The van der Waals surface area contributed by atoms with Crippen molar-refractivity contribution in [1.82, 2.24) is 15.5 Å². The molecule has 1 aromatic carbocycles. The van der Waals surface area contributed by atoms with Crippen LogP contribution in [0.25, 0.3) is 0 Å². The van der Waals surface area contributed by atoms with Crippen molar-refractivity contribution >= 4 is 30.7 Å². The average Bonchev–Trinajstić information content (AvgIpc) is 3.11. The molecule has 0 saturated carbocycles. The van der Waals surface area contributed by atoms with Crippen LogP contribution in [0.15, 0.2) is 30.3 Å². The predicted octanol–water partition coefficient (Wildman–Crippen LogP) is 3.49. The second-order valence-electron chi connectivity index (χ2n) is 8.13. The normalized spacial score (nSPS) is 28.1. The number of likely N-dealkylation sites (tertiary alicyclic amines) is 1. The largest absolute Gasteiger partial charge is 0.353 e. The van der Waals surface area contributed by atoms with Crippen LogP contribution in [0.4, 0.5) is 0 Å². The van der Waals surface area contributed by atoms with E-state index in [1.807, 2.05) is 0 Å². The fourth-order valence-corrected chi connectivity index (χ4v) is 4.49. The third-order valence-electron chi connectivity index (χ3n) is 5.84. The molecule has 2 fully saturated rings. The maximum absolute atomic E-state index is 12.4. The summed E-state index contributed by atoms with van der Waals surface area (Å²) in [5.74, 6) is 1.91. The van der Waals surface area contributed by atoms with Crippen molar-refractivity contribution in [3.05, 3.63) is 35.9 Å². The summed E-state index contributed by atoms with van der Waals surface area (Å²) in [6.07, 6.45) is 2.92. The molecule has 1 aromatic rings. The number of nitrogens with one attached hydrogen (secondary N) is 2. The Bertz CT molecular complexity index is 540. The molecule has 154 valence electrons. The number of rotatable bonds is 6. The van der Waals surface area contributed by atoms with Crippen LogP contribution in [0.5, 0.6) is 0 Å². The lowest BCUT2D eigenvalue weighted by Crippen LogP contribution is -2.54. The van der Waals surface area contributed by atoms with Gasteiger partial charge < -0.3 is 10.6 Å². The lowest BCUT2D eigenvalue weighted by Gasteiger charge is -2.41. The van der Waals surface area contributed by atoms with Crippen molar-refractivity contribution in [3.8, 4) is 0 Å². The zero-order chi connectivity index (χ0) is 17.6. The van der Waals surface area contributed by atoms with Gasteiger partial charge in [-0.15, -0.1) is 24.8 Å². The molecule has 2 saturated heterocycles. The average molecular weight is 416 g/mol. The summed E-state index contributed by atoms with van der Waals surface area (Å²) in [6.45, 7) is 9.86. The second kappa shape index (κ2) is 11.9. The van der Waals surface area contributed by atoms with Crippen LogP contribution >= 0.6 is 24.8 Å². The fraction of sp³-hybridized carbons (Fsp3) is 0.667. The van der Waals surface area contributed by atoms with Crippen LogP contribution < -0.4 is 10.6 Å². The minimum atomic E-state index is 0. The number of benzene rings is 1. The van der Waals surface area contributed by atoms with Crippen molar-refractivity contribution < 1.29 is 4.79 Å². The molecule has 0 radical (unpaired) electrons. The number of piperidine rings is 1. The SMILES string of the molecule is CC1CN(Cc2ccccc2)CC(C)C1NC(=O)CCC1CCNC1.Cl.Cl. The molecule has 2 aliphatic rings. The molecule has 2 aliphatic heterocycles. The minimum Gasteiger partial charge on any atom is -0.353 e. The van der Waals surface area contributed by atoms with E-state index in [1.54, 1.807) is 0 Å². The van der Waals surface area contributed by atoms with Gasteiger partial charge in [-0.25, -0.2) is 0 Å². The van der Waals surface area contributed by atoms with Gasteiger partial charge in [0.1, 0.15) is 0 Å². The van der Waals surface area contributed by atoms with Crippen LogP contribution in [-0.2, 0) is 11.3 Å². The van der Waals surface area contributed by atoms with E-state index in [1.165, 1.54) is 12.0 Å². The molecule has 0 spiro atoms. The molecule has 27 heavy (non-hydrogen) atoms. The minimum absolute atomic E-state index is 0. The second-order valence-corrected chi connectivity index (χ2v) is 8.13. The highest BCUT2D eigenvalue weighted by Gasteiger charge is 2.32. The molecular weight excluding hydrogens is 381 g/mol. The maximum Gasteiger partial charge on any atom is 0.220 e. The lowest BCUT2D eigenvalue weighted by atomic mass is 9.85. The maximum atomic E-state index is 12.4. The van der Waals surface area contributed by atoms with Gasteiger partial charge in [0.05, 0.1) is 0 Å². The molecule has 2 heterocycles. The van der Waals surface area contributed by atoms with Crippen molar-refractivity contribution in [2.75, 3.05) is 26.2 Å². The summed E-state index contributed by atoms with van der Waals surface area (Å²) in [4.78, 5) is 14.9. The summed E-state index contributed by atoms with van der Waals surface area (Å²) < 4.78 is 0. The molecule has 0 aromatic heterocycles. The molecule has 3 atom stereocenters. The summed E-state index contributed by atoms with van der Waals surface area (Å²) in [7, 11) is 0. The van der Waals surface area contributed by atoms with Gasteiger partial charge in [-0.05, 0) is 49.2 Å². The quantitative estimate of drug-likeness (QED) is 0.746. The Morgan fingerprint density at radius 3 is 2.41 bits per heavy atom.